The highest BCUT2D eigenvalue weighted by Crippen LogP contribution is 2.36. The monoisotopic (exact) mass is 338 g/mol. The number of halogens is 1. The molecule has 1 saturated carbocycles. The molecule has 0 amide bonds. The molecule has 0 radical (unpaired) electrons. The second-order valence-electron chi connectivity index (χ2n) is 6.01. The Bertz CT molecular complexity index is 466. The van der Waals surface area contributed by atoms with Gasteiger partial charge in [0.05, 0.1) is 12.8 Å². The molecule has 0 bridgehead atoms. The van der Waals surface area contributed by atoms with Crippen molar-refractivity contribution < 1.29 is 4.74 Å². The predicted molar refractivity (Wildman–Crippen MR) is 86.7 cm³/mol. The average Bonchev–Trinajstić information content (AvgIpc) is 2.48. The number of hydrogen-bond donors (Lipinski definition) is 1. The molecule has 1 aromatic rings. The molecule has 2 aliphatic rings. The van der Waals surface area contributed by atoms with Crippen molar-refractivity contribution >= 4 is 21.6 Å². The summed E-state index contributed by atoms with van der Waals surface area (Å²) in [5.74, 6) is 0.930. The summed E-state index contributed by atoms with van der Waals surface area (Å²) >= 11 is 3.69. The number of ether oxygens (including phenoxy) is 1. The third kappa shape index (κ3) is 2.82. The number of anilines is 1. The fourth-order valence-corrected chi connectivity index (χ4v) is 4.08. The van der Waals surface area contributed by atoms with E-state index in [1.165, 1.54) is 37.8 Å². The van der Waals surface area contributed by atoms with Crippen LogP contribution in [0.2, 0.25) is 0 Å². The fourth-order valence-electron chi connectivity index (χ4n) is 3.59. The molecule has 4 heteroatoms. The Morgan fingerprint density at radius 3 is 2.80 bits per heavy atom. The Hall–Kier alpha value is -0.740. The summed E-state index contributed by atoms with van der Waals surface area (Å²) in [6.07, 6.45) is 6.74. The van der Waals surface area contributed by atoms with Crippen LogP contribution in [0.4, 0.5) is 5.69 Å². The van der Waals surface area contributed by atoms with Crippen LogP contribution >= 0.6 is 15.9 Å². The zero-order valence-corrected chi connectivity index (χ0v) is 13.7. The van der Waals surface area contributed by atoms with Gasteiger partial charge in [0.1, 0.15) is 5.75 Å². The highest BCUT2D eigenvalue weighted by Gasteiger charge is 2.36. The van der Waals surface area contributed by atoms with Crippen molar-refractivity contribution in [1.82, 2.24) is 5.32 Å². The summed E-state index contributed by atoms with van der Waals surface area (Å²) in [6, 6.07) is 6.24. The van der Waals surface area contributed by atoms with Gasteiger partial charge in [-0.2, -0.15) is 0 Å². The van der Waals surface area contributed by atoms with Crippen LogP contribution in [0.25, 0.3) is 0 Å². The predicted octanol–water partition coefficient (Wildman–Crippen LogP) is 3.57. The van der Waals surface area contributed by atoms with E-state index in [0.29, 0.717) is 5.54 Å². The molecule has 1 N–H and O–H groups in total. The molecule has 1 spiro atoms. The summed E-state index contributed by atoms with van der Waals surface area (Å²) in [4.78, 5) is 2.51. The van der Waals surface area contributed by atoms with Crippen molar-refractivity contribution in [1.29, 1.82) is 0 Å². The first-order valence-electron chi connectivity index (χ1n) is 7.56. The van der Waals surface area contributed by atoms with Crippen LogP contribution in [-0.4, -0.2) is 32.3 Å². The Morgan fingerprint density at radius 2 is 2.05 bits per heavy atom. The summed E-state index contributed by atoms with van der Waals surface area (Å²) in [6.45, 7) is 3.25. The molecule has 1 heterocycles. The van der Waals surface area contributed by atoms with E-state index < -0.39 is 0 Å². The lowest BCUT2D eigenvalue weighted by molar-refractivity contribution is 0.216. The second-order valence-corrected chi connectivity index (χ2v) is 6.86. The van der Waals surface area contributed by atoms with Gasteiger partial charge in [-0.1, -0.05) is 19.3 Å². The summed E-state index contributed by atoms with van der Waals surface area (Å²) in [7, 11) is 1.73. The van der Waals surface area contributed by atoms with E-state index in [-0.39, 0.29) is 0 Å². The molecular weight excluding hydrogens is 316 g/mol. The van der Waals surface area contributed by atoms with Crippen molar-refractivity contribution in [3.05, 3.63) is 22.7 Å². The number of nitrogens with zero attached hydrogens (tertiary/aromatic N) is 1. The van der Waals surface area contributed by atoms with Crippen LogP contribution in [0.3, 0.4) is 0 Å². The normalized spacial score (nSPS) is 22.0. The van der Waals surface area contributed by atoms with E-state index in [1.807, 2.05) is 6.07 Å². The van der Waals surface area contributed by atoms with Gasteiger partial charge in [0, 0.05) is 35.7 Å². The van der Waals surface area contributed by atoms with Gasteiger partial charge in [-0.05, 0) is 40.9 Å². The summed E-state index contributed by atoms with van der Waals surface area (Å²) in [5.41, 5.74) is 1.59. The molecule has 20 heavy (non-hydrogen) atoms. The van der Waals surface area contributed by atoms with Gasteiger partial charge in [-0.3, -0.25) is 0 Å². The number of nitrogens with one attached hydrogen (secondary N) is 1. The van der Waals surface area contributed by atoms with E-state index in [1.54, 1.807) is 7.11 Å². The highest BCUT2D eigenvalue weighted by molar-refractivity contribution is 9.10. The number of hydrogen-bond acceptors (Lipinski definition) is 3. The van der Waals surface area contributed by atoms with Gasteiger partial charge in [0.2, 0.25) is 0 Å². The molecular formula is C16H23BrN2O. The lowest BCUT2D eigenvalue weighted by Gasteiger charge is -2.47. The van der Waals surface area contributed by atoms with Gasteiger partial charge >= 0.3 is 0 Å². The number of methoxy groups -OCH3 is 1. The Kier molecular flexibility index (Phi) is 4.22. The average molecular weight is 339 g/mol. The molecule has 0 aromatic heterocycles. The molecule has 110 valence electrons. The van der Waals surface area contributed by atoms with Crippen molar-refractivity contribution in [3.8, 4) is 5.75 Å². The summed E-state index contributed by atoms with van der Waals surface area (Å²) < 4.78 is 6.53. The molecule has 2 fully saturated rings. The molecule has 0 unspecified atom stereocenters. The SMILES string of the molecule is COc1ccc(Br)c(N2CCNC3(CCCCC3)C2)c1. The largest absolute Gasteiger partial charge is 0.497 e. The van der Waals surface area contributed by atoms with Crippen LogP contribution < -0.4 is 15.0 Å². The zero-order chi connectivity index (χ0) is 14.0. The van der Waals surface area contributed by atoms with Crippen molar-refractivity contribution in [2.45, 2.75) is 37.6 Å². The van der Waals surface area contributed by atoms with Crippen molar-refractivity contribution in [2.24, 2.45) is 0 Å². The minimum absolute atomic E-state index is 0.332. The van der Waals surface area contributed by atoms with E-state index >= 15 is 0 Å². The van der Waals surface area contributed by atoms with Gasteiger partial charge in [0.25, 0.3) is 0 Å². The molecule has 1 saturated heterocycles. The maximum Gasteiger partial charge on any atom is 0.121 e. The maximum absolute atomic E-state index is 5.37. The van der Waals surface area contributed by atoms with Crippen LogP contribution in [-0.2, 0) is 0 Å². The van der Waals surface area contributed by atoms with Crippen LogP contribution in [0.5, 0.6) is 5.75 Å². The first-order chi connectivity index (χ1) is 9.72. The molecule has 3 nitrogen and oxygen atoms in total. The second kappa shape index (κ2) is 5.94. The van der Waals surface area contributed by atoms with Gasteiger partial charge in [-0.15, -0.1) is 0 Å². The molecule has 1 aliphatic carbocycles. The maximum atomic E-state index is 5.37. The van der Waals surface area contributed by atoms with Gasteiger partial charge < -0.3 is 15.0 Å². The van der Waals surface area contributed by atoms with E-state index in [9.17, 15) is 0 Å². The quantitative estimate of drug-likeness (QED) is 0.892. The third-order valence-electron chi connectivity index (χ3n) is 4.68. The number of piperazine rings is 1. The number of rotatable bonds is 2. The summed E-state index contributed by atoms with van der Waals surface area (Å²) in [5, 5.41) is 3.79. The minimum Gasteiger partial charge on any atom is -0.497 e. The van der Waals surface area contributed by atoms with E-state index in [4.69, 9.17) is 4.74 Å². The molecule has 1 aromatic carbocycles. The Balaban J connectivity index is 1.82. The lowest BCUT2D eigenvalue weighted by Crippen LogP contribution is -2.61. The van der Waals surface area contributed by atoms with E-state index in [0.717, 1.165) is 29.9 Å². The standard InChI is InChI=1S/C16H23BrN2O/c1-20-13-5-6-14(17)15(11-13)19-10-9-18-16(12-19)7-3-2-4-8-16/h5-6,11,18H,2-4,7-10,12H2,1H3. The van der Waals surface area contributed by atoms with Crippen LogP contribution in [0.1, 0.15) is 32.1 Å². The first-order valence-corrected chi connectivity index (χ1v) is 8.35. The fraction of sp³-hybridized carbons (Fsp3) is 0.625. The first kappa shape index (κ1) is 14.2. The topological polar surface area (TPSA) is 24.5 Å². The lowest BCUT2D eigenvalue weighted by atomic mass is 9.80. The van der Waals surface area contributed by atoms with Crippen molar-refractivity contribution in [3.63, 3.8) is 0 Å². The van der Waals surface area contributed by atoms with Gasteiger partial charge in [0.15, 0.2) is 0 Å². The highest BCUT2D eigenvalue weighted by atomic mass is 79.9. The smallest absolute Gasteiger partial charge is 0.121 e. The Labute approximate surface area is 129 Å². The van der Waals surface area contributed by atoms with Crippen LogP contribution in [0.15, 0.2) is 22.7 Å². The van der Waals surface area contributed by atoms with Crippen molar-refractivity contribution in [2.75, 3.05) is 31.6 Å². The van der Waals surface area contributed by atoms with E-state index in [2.05, 4.69) is 38.3 Å². The Morgan fingerprint density at radius 1 is 1.25 bits per heavy atom. The molecule has 0 atom stereocenters. The number of benzene rings is 1. The van der Waals surface area contributed by atoms with Crippen LogP contribution in [0, 0.1) is 0 Å². The minimum atomic E-state index is 0.332. The molecule has 3 rings (SSSR count). The third-order valence-corrected chi connectivity index (χ3v) is 5.35. The molecule has 1 aliphatic heterocycles. The van der Waals surface area contributed by atoms with Gasteiger partial charge in [-0.25, -0.2) is 0 Å². The zero-order valence-electron chi connectivity index (χ0n) is 12.1.